The van der Waals surface area contributed by atoms with Crippen LogP contribution in [-0.2, 0) is 4.74 Å². The second-order valence-electron chi connectivity index (χ2n) is 3.09. The third-order valence-corrected chi connectivity index (χ3v) is 1.81. The number of nitrogens with zero attached hydrogens (tertiary/aromatic N) is 1. The van der Waals surface area contributed by atoms with Gasteiger partial charge in [-0.15, -0.1) is 0 Å². The van der Waals surface area contributed by atoms with Gasteiger partial charge >= 0.3 is 0 Å². The van der Waals surface area contributed by atoms with Crippen LogP contribution in [0.25, 0.3) is 0 Å². The molecule has 0 saturated carbocycles. The van der Waals surface area contributed by atoms with Crippen molar-refractivity contribution in [1.29, 1.82) is 0 Å². The van der Waals surface area contributed by atoms with E-state index in [0.717, 1.165) is 13.1 Å². The maximum atomic E-state index is 9.26. The first-order valence-corrected chi connectivity index (χ1v) is 3.87. The first-order chi connectivity index (χ1) is 5.22. The predicted molar refractivity (Wildman–Crippen MR) is 42.3 cm³/mol. The molecule has 1 saturated heterocycles. The van der Waals surface area contributed by atoms with Crippen LogP contribution in [0.15, 0.2) is 0 Å². The van der Waals surface area contributed by atoms with Gasteiger partial charge in [0.2, 0.25) is 0 Å². The van der Waals surface area contributed by atoms with Crippen LogP contribution in [0.2, 0.25) is 0 Å². The molecular formula is C7H16N2O2. The Morgan fingerprint density at radius 1 is 1.73 bits per heavy atom. The number of hydrogen-bond donors (Lipinski definition) is 2. The number of rotatable bonds is 4. The highest BCUT2D eigenvalue weighted by Crippen LogP contribution is 2.05. The SMILES string of the molecule is COCC(O)CN1CC(N)C1. The van der Waals surface area contributed by atoms with E-state index in [1.54, 1.807) is 7.11 Å². The van der Waals surface area contributed by atoms with Gasteiger partial charge in [-0.3, -0.25) is 4.90 Å². The van der Waals surface area contributed by atoms with Gasteiger partial charge in [0.1, 0.15) is 0 Å². The molecule has 0 bridgehead atoms. The Morgan fingerprint density at radius 3 is 2.82 bits per heavy atom. The first kappa shape index (κ1) is 8.93. The summed E-state index contributed by atoms with van der Waals surface area (Å²) in [7, 11) is 1.59. The molecule has 1 aliphatic heterocycles. The number of aliphatic hydroxyl groups is 1. The molecule has 1 aliphatic rings. The Balaban J connectivity index is 2.02. The minimum Gasteiger partial charge on any atom is -0.389 e. The predicted octanol–water partition coefficient (Wildman–Crippen LogP) is -1.36. The summed E-state index contributed by atoms with van der Waals surface area (Å²) >= 11 is 0. The van der Waals surface area contributed by atoms with Crippen LogP contribution in [-0.4, -0.2) is 55.5 Å². The van der Waals surface area contributed by atoms with Crippen molar-refractivity contribution in [2.75, 3.05) is 33.4 Å². The Morgan fingerprint density at radius 2 is 2.36 bits per heavy atom. The van der Waals surface area contributed by atoms with Crippen LogP contribution in [0.5, 0.6) is 0 Å². The van der Waals surface area contributed by atoms with Gasteiger partial charge in [-0.2, -0.15) is 0 Å². The van der Waals surface area contributed by atoms with Gasteiger partial charge in [0.05, 0.1) is 12.7 Å². The minimum absolute atomic E-state index is 0.310. The lowest BCUT2D eigenvalue weighted by Crippen LogP contribution is -2.57. The number of nitrogens with two attached hydrogens (primary N) is 1. The van der Waals surface area contributed by atoms with Crippen molar-refractivity contribution in [2.24, 2.45) is 5.73 Å². The average molecular weight is 160 g/mol. The maximum absolute atomic E-state index is 9.26. The zero-order chi connectivity index (χ0) is 8.27. The summed E-state index contributed by atoms with van der Waals surface area (Å²) < 4.78 is 4.79. The molecule has 66 valence electrons. The second-order valence-corrected chi connectivity index (χ2v) is 3.09. The van der Waals surface area contributed by atoms with Gasteiger partial charge in [0.25, 0.3) is 0 Å². The number of likely N-dealkylation sites (tertiary alicyclic amines) is 1. The number of ether oxygens (including phenoxy) is 1. The number of β-amino-alcohol motifs (C(OH)–C–C–N with tert-alkyl or cyclic N) is 1. The van der Waals surface area contributed by atoms with Crippen molar-refractivity contribution in [2.45, 2.75) is 12.1 Å². The summed E-state index contributed by atoms with van der Waals surface area (Å²) in [6.07, 6.45) is -0.368. The van der Waals surface area contributed by atoms with E-state index in [4.69, 9.17) is 10.5 Å². The van der Waals surface area contributed by atoms with E-state index in [2.05, 4.69) is 4.90 Å². The van der Waals surface area contributed by atoms with Gasteiger partial charge in [-0.05, 0) is 0 Å². The molecular weight excluding hydrogens is 144 g/mol. The van der Waals surface area contributed by atoms with Gasteiger partial charge in [0, 0.05) is 32.8 Å². The lowest BCUT2D eigenvalue weighted by atomic mass is 10.1. The van der Waals surface area contributed by atoms with Gasteiger partial charge in [0.15, 0.2) is 0 Å². The molecule has 11 heavy (non-hydrogen) atoms. The van der Waals surface area contributed by atoms with Crippen LogP contribution in [0.4, 0.5) is 0 Å². The summed E-state index contributed by atoms with van der Waals surface area (Å²) in [4.78, 5) is 2.12. The molecule has 0 amide bonds. The summed E-state index contributed by atoms with van der Waals surface area (Å²) in [5, 5.41) is 9.26. The van der Waals surface area contributed by atoms with E-state index < -0.39 is 0 Å². The van der Waals surface area contributed by atoms with Crippen LogP contribution in [0.1, 0.15) is 0 Å². The number of aliphatic hydroxyl groups excluding tert-OH is 1. The molecule has 1 heterocycles. The summed E-state index contributed by atoms with van der Waals surface area (Å²) in [5.41, 5.74) is 5.56. The molecule has 1 rings (SSSR count). The van der Waals surface area contributed by atoms with Crippen molar-refractivity contribution in [3.05, 3.63) is 0 Å². The fourth-order valence-corrected chi connectivity index (χ4v) is 1.30. The van der Waals surface area contributed by atoms with E-state index in [-0.39, 0.29) is 6.10 Å². The summed E-state index contributed by atoms with van der Waals surface area (Å²) in [6, 6.07) is 0.310. The Bertz CT molecular complexity index is 112. The molecule has 0 aromatic rings. The van der Waals surface area contributed by atoms with Crippen molar-refractivity contribution in [1.82, 2.24) is 4.90 Å². The van der Waals surface area contributed by atoms with Gasteiger partial charge < -0.3 is 15.6 Å². The van der Waals surface area contributed by atoms with Gasteiger partial charge in [-0.25, -0.2) is 0 Å². The number of hydrogen-bond acceptors (Lipinski definition) is 4. The monoisotopic (exact) mass is 160 g/mol. The first-order valence-electron chi connectivity index (χ1n) is 3.87. The lowest BCUT2D eigenvalue weighted by molar-refractivity contribution is 0.0170. The Kier molecular flexibility index (Phi) is 3.26. The zero-order valence-electron chi connectivity index (χ0n) is 6.86. The summed E-state index contributed by atoms with van der Waals surface area (Å²) in [6.45, 7) is 2.90. The Hall–Kier alpha value is -0.160. The molecule has 1 unspecified atom stereocenters. The van der Waals surface area contributed by atoms with Crippen LogP contribution in [0.3, 0.4) is 0 Å². The van der Waals surface area contributed by atoms with Crippen molar-refractivity contribution in [3.8, 4) is 0 Å². The highest BCUT2D eigenvalue weighted by molar-refractivity contribution is 4.83. The normalized spacial score (nSPS) is 23.2. The van der Waals surface area contributed by atoms with E-state index in [0.29, 0.717) is 19.2 Å². The largest absolute Gasteiger partial charge is 0.389 e. The molecule has 3 N–H and O–H groups in total. The van der Waals surface area contributed by atoms with E-state index in [1.807, 2.05) is 0 Å². The van der Waals surface area contributed by atoms with Gasteiger partial charge in [-0.1, -0.05) is 0 Å². The molecule has 4 nitrogen and oxygen atoms in total. The zero-order valence-corrected chi connectivity index (χ0v) is 6.86. The number of methoxy groups -OCH3 is 1. The van der Waals surface area contributed by atoms with Crippen molar-refractivity contribution < 1.29 is 9.84 Å². The Labute approximate surface area is 66.9 Å². The minimum atomic E-state index is -0.368. The molecule has 0 aromatic heterocycles. The van der Waals surface area contributed by atoms with E-state index in [1.165, 1.54) is 0 Å². The van der Waals surface area contributed by atoms with Crippen molar-refractivity contribution >= 4 is 0 Å². The maximum Gasteiger partial charge on any atom is 0.0900 e. The van der Waals surface area contributed by atoms with Crippen LogP contribution < -0.4 is 5.73 Å². The fraction of sp³-hybridized carbons (Fsp3) is 1.00. The molecule has 0 aliphatic carbocycles. The molecule has 1 atom stereocenters. The third kappa shape index (κ3) is 2.75. The van der Waals surface area contributed by atoms with E-state index >= 15 is 0 Å². The molecule has 1 fully saturated rings. The second kappa shape index (κ2) is 4.01. The molecule has 4 heteroatoms. The highest BCUT2D eigenvalue weighted by atomic mass is 16.5. The van der Waals surface area contributed by atoms with E-state index in [9.17, 15) is 5.11 Å². The van der Waals surface area contributed by atoms with Crippen LogP contribution in [0, 0.1) is 0 Å². The fourth-order valence-electron chi connectivity index (χ4n) is 1.30. The van der Waals surface area contributed by atoms with Crippen LogP contribution >= 0.6 is 0 Å². The quantitative estimate of drug-likeness (QED) is 0.533. The molecule has 0 aromatic carbocycles. The summed E-state index contributed by atoms with van der Waals surface area (Å²) in [5.74, 6) is 0. The standard InChI is InChI=1S/C7H16N2O2/c1-11-5-7(10)4-9-2-6(8)3-9/h6-7,10H,2-5,8H2,1H3. The molecule has 0 radical (unpaired) electrons. The molecule has 0 spiro atoms. The average Bonchev–Trinajstić information content (AvgIpc) is 1.85. The smallest absolute Gasteiger partial charge is 0.0900 e. The highest BCUT2D eigenvalue weighted by Gasteiger charge is 2.24. The lowest BCUT2D eigenvalue weighted by Gasteiger charge is -2.37. The third-order valence-electron chi connectivity index (χ3n) is 1.81. The topological polar surface area (TPSA) is 58.7 Å². The van der Waals surface area contributed by atoms with Crippen molar-refractivity contribution in [3.63, 3.8) is 0 Å².